The van der Waals surface area contributed by atoms with Crippen LogP contribution in [0.5, 0.6) is 0 Å². The third kappa shape index (κ3) is 4.31. The number of hydrazine groups is 1. The van der Waals surface area contributed by atoms with Crippen LogP contribution in [0.4, 0.5) is 0 Å². The molecule has 72 valence electrons. The van der Waals surface area contributed by atoms with Crippen LogP contribution in [0.3, 0.4) is 0 Å². The van der Waals surface area contributed by atoms with Crippen molar-refractivity contribution < 1.29 is 4.79 Å². The molecule has 0 spiro atoms. The molecular weight excluding hydrogens is 154 g/mol. The Morgan fingerprint density at radius 2 is 2.00 bits per heavy atom. The zero-order valence-electron chi connectivity index (χ0n) is 8.35. The van der Waals surface area contributed by atoms with Gasteiger partial charge in [0.25, 0.3) is 0 Å². The van der Waals surface area contributed by atoms with Gasteiger partial charge in [0, 0.05) is 18.6 Å². The van der Waals surface area contributed by atoms with Gasteiger partial charge in [0.1, 0.15) is 0 Å². The average Bonchev–Trinajstić information content (AvgIpc) is 1.95. The lowest BCUT2D eigenvalue weighted by atomic mass is 10.1. The first-order valence-corrected chi connectivity index (χ1v) is 4.14. The van der Waals surface area contributed by atoms with Gasteiger partial charge in [0.2, 0.25) is 6.41 Å². The van der Waals surface area contributed by atoms with Gasteiger partial charge < -0.3 is 4.90 Å². The van der Waals surface area contributed by atoms with Crippen molar-refractivity contribution in [2.45, 2.75) is 26.3 Å². The largest absolute Gasteiger partial charge is 0.339 e. The van der Waals surface area contributed by atoms with Gasteiger partial charge in [-0.2, -0.15) is 0 Å². The van der Waals surface area contributed by atoms with Crippen LogP contribution >= 0.6 is 0 Å². The molecule has 0 aliphatic carbocycles. The van der Waals surface area contributed by atoms with E-state index in [1.54, 1.807) is 4.90 Å². The van der Waals surface area contributed by atoms with E-state index in [1.165, 1.54) is 0 Å². The van der Waals surface area contributed by atoms with Crippen molar-refractivity contribution >= 4 is 6.41 Å². The fourth-order valence-electron chi connectivity index (χ4n) is 0.848. The quantitative estimate of drug-likeness (QED) is 0.348. The molecule has 0 bridgehead atoms. The number of amides is 1. The van der Waals surface area contributed by atoms with E-state index in [-0.39, 0.29) is 5.54 Å². The van der Waals surface area contributed by atoms with E-state index in [0.717, 1.165) is 13.0 Å². The second kappa shape index (κ2) is 5.11. The molecule has 0 aromatic carbocycles. The van der Waals surface area contributed by atoms with E-state index >= 15 is 0 Å². The summed E-state index contributed by atoms with van der Waals surface area (Å²) in [6.07, 6.45) is 0.886. The molecule has 0 rings (SSSR count). The Morgan fingerprint density at radius 3 is 2.33 bits per heavy atom. The lowest BCUT2D eigenvalue weighted by Gasteiger charge is -2.32. The summed E-state index contributed by atoms with van der Waals surface area (Å²) in [4.78, 5) is 12.4. The van der Waals surface area contributed by atoms with Gasteiger partial charge in [0.05, 0.1) is 0 Å². The van der Waals surface area contributed by atoms with Gasteiger partial charge in [-0.3, -0.25) is 15.6 Å². The van der Waals surface area contributed by atoms with Crippen LogP contribution in [0.25, 0.3) is 0 Å². The van der Waals surface area contributed by atoms with Gasteiger partial charge in [-0.1, -0.05) is 0 Å². The molecular formula is C8H19N3O. The van der Waals surface area contributed by atoms with E-state index in [2.05, 4.69) is 10.9 Å². The molecule has 0 radical (unpaired) electrons. The smallest absolute Gasteiger partial charge is 0.210 e. The summed E-state index contributed by atoms with van der Waals surface area (Å²) < 4.78 is 0. The van der Waals surface area contributed by atoms with Gasteiger partial charge in [-0.05, 0) is 27.8 Å². The maximum Gasteiger partial charge on any atom is 0.210 e. The highest BCUT2D eigenvalue weighted by Gasteiger charge is 2.18. The minimum Gasteiger partial charge on any atom is -0.339 e. The zero-order chi connectivity index (χ0) is 9.61. The van der Waals surface area contributed by atoms with E-state index in [1.807, 2.05) is 27.8 Å². The lowest BCUT2D eigenvalue weighted by Crippen LogP contribution is -2.45. The number of carbonyl (C=O) groups excluding carboxylic acids is 1. The van der Waals surface area contributed by atoms with Crippen molar-refractivity contribution in [3.63, 3.8) is 0 Å². The number of hydrogen-bond acceptors (Lipinski definition) is 3. The van der Waals surface area contributed by atoms with Crippen LogP contribution < -0.4 is 10.9 Å². The second-order valence-electron chi connectivity index (χ2n) is 3.65. The number of nitrogens with one attached hydrogen (secondary N) is 2. The summed E-state index contributed by atoms with van der Waals surface area (Å²) in [7, 11) is 1.81. The number of carbonyl (C=O) groups is 1. The molecule has 0 heterocycles. The van der Waals surface area contributed by atoms with Crippen molar-refractivity contribution in [1.82, 2.24) is 15.8 Å². The predicted molar refractivity (Wildman–Crippen MR) is 49.6 cm³/mol. The highest BCUT2D eigenvalue weighted by Crippen LogP contribution is 2.08. The molecule has 0 fully saturated rings. The molecule has 0 saturated heterocycles. The highest BCUT2D eigenvalue weighted by atomic mass is 16.1. The summed E-state index contributed by atoms with van der Waals surface area (Å²) in [5.41, 5.74) is 5.65. The zero-order valence-corrected chi connectivity index (χ0v) is 8.35. The SMILES string of the molecule is CNNCCN(C=O)C(C)(C)C. The van der Waals surface area contributed by atoms with Gasteiger partial charge in [-0.15, -0.1) is 0 Å². The summed E-state index contributed by atoms with van der Waals surface area (Å²) >= 11 is 0. The van der Waals surface area contributed by atoms with Crippen LogP contribution in [0, 0.1) is 0 Å². The van der Waals surface area contributed by atoms with Gasteiger partial charge in [-0.25, -0.2) is 0 Å². The highest BCUT2D eigenvalue weighted by molar-refractivity contribution is 5.48. The standard InChI is InChI=1S/C8H19N3O/c1-8(2,3)11(7-12)6-5-10-9-4/h7,9-10H,5-6H2,1-4H3. The summed E-state index contributed by atoms with van der Waals surface area (Å²) in [6.45, 7) is 7.52. The van der Waals surface area contributed by atoms with E-state index in [0.29, 0.717) is 6.54 Å². The van der Waals surface area contributed by atoms with Gasteiger partial charge >= 0.3 is 0 Å². The summed E-state index contributed by atoms with van der Waals surface area (Å²) in [6, 6.07) is 0. The molecule has 1 amide bonds. The number of nitrogens with zero attached hydrogens (tertiary/aromatic N) is 1. The molecule has 4 heteroatoms. The molecule has 12 heavy (non-hydrogen) atoms. The Bertz CT molecular complexity index is 131. The van der Waals surface area contributed by atoms with Crippen LogP contribution in [-0.4, -0.2) is 37.0 Å². The van der Waals surface area contributed by atoms with Crippen molar-refractivity contribution in [2.75, 3.05) is 20.1 Å². The minimum atomic E-state index is -0.0861. The van der Waals surface area contributed by atoms with Crippen LogP contribution in [-0.2, 0) is 4.79 Å². The first-order valence-electron chi connectivity index (χ1n) is 4.14. The maximum absolute atomic E-state index is 10.6. The Labute approximate surface area is 74.3 Å². The predicted octanol–water partition coefficient (Wildman–Crippen LogP) is -0.0327. The summed E-state index contributed by atoms with van der Waals surface area (Å²) in [5, 5.41) is 0. The Morgan fingerprint density at radius 1 is 1.42 bits per heavy atom. The number of hydrogen-bond donors (Lipinski definition) is 2. The molecule has 4 nitrogen and oxygen atoms in total. The van der Waals surface area contributed by atoms with E-state index < -0.39 is 0 Å². The third-order valence-electron chi connectivity index (χ3n) is 1.64. The Kier molecular flexibility index (Phi) is 4.85. The minimum absolute atomic E-state index is 0.0861. The maximum atomic E-state index is 10.6. The van der Waals surface area contributed by atoms with Crippen LogP contribution in [0.1, 0.15) is 20.8 Å². The molecule has 0 saturated carbocycles. The molecule has 0 aliphatic heterocycles. The van der Waals surface area contributed by atoms with E-state index in [9.17, 15) is 4.79 Å². The lowest BCUT2D eigenvalue weighted by molar-refractivity contribution is -0.122. The van der Waals surface area contributed by atoms with Crippen molar-refractivity contribution in [3.8, 4) is 0 Å². The topological polar surface area (TPSA) is 44.4 Å². The first kappa shape index (κ1) is 11.4. The fourth-order valence-corrected chi connectivity index (χ4v) is 0.848. The Balaban J connectivity index is 3.76. The molecule has 0 aliphatic rings. The molecule has 0 unspecified atom stereocenters. The fraction of sp³-hybridized carbons (Fsp3) is 0.875. The normalized spacial score (nSPS) is 11.3. The van der Waals surface area contributed by atoms with Crippen LogP contribution in [0.15, 0.2) is 0 Å². The molecule has 0 aromatic rings. The monoisotopic (exact) mass is 173 g/mol. The Hall–Kier alpha value is -0.610. The van der Waals surface area contributed by atoms with E-state index in [4.69, 9.17) is 0 Å². The van der Waals surface area contributed by atoms with Crippen molar-refractivity contribution in [2.24, 2.45) is 0 Å². The van der Waals surface area contributed by atoms with Gasteiger partial charge in [0.15, 0.2) is 0 Å². The second-order valence-corrected chi connectivity index (χ2v) is 3.65. The average molecular weight is 173 g/mol. The molecule has 0 aromatic heterocycles. The van der Waals surface area contributed by atoms with Crippen molar-refractivity contribution in [3.05, 3.63) is 0 Å². The summed E-state index contributed by atoms with van der Waals surface area (Å²) in [5.74, 6) is 0. The first-order chi connectivity index (χ1) is 5.52. The molecule has 2 N–H and O–H groups in total. The molecule has 0 atom stereocenters. The van der Waals surface area contributed by atoms with Crippen LogP contribution in [0.2, 0.25) is 0 Å². The third-order valence-corrected chi connectivity index (χ3v) is 1.64. The number of rotatable bonds is 5. The van der Waals surface area contributed by atoms with Crippen molar-refractivity contribution in [1.29, 1.82) is 0 Å².